The number of rotatable bonds is 4. The lowest BCUT2D eigenvalue weighted by molar-refractivity contribution is -0.118. The van der Waals surface area contributed by atoms with Gasteiger partial charge in [-0.25, -0.2) is 0 Å². The van der Waals surface area contributed by atoms with Crippen LogP contribution >= 0.6 is 0 Å². The largest absolute Gasteiger partial charge is 0.388 e. The number of aryl methyl sites for hydroxylation is 1. The molecule has 104 valence electrons. The van der Waals surface area contributed by atoms with Crippen molar-refractivity contribution >= 4 is 11.6 Å². The molecule has 3 heteroatoms. The molecule has 1 heterocycles. The summed E-state index contributed by atoms with van der Waals surface area (Å²) in [6, 6.07) is 6.04. The fourth-order valence-electron chi connectivity index (χ4n) is 2.76. The van der Waals surface area contributed by atoms with Crippen LogP contribution in [-0.4, -0.2) is 17.6 Å². The van der Waals surface area contributed by atoms with Crippen LogP contribution in [0.2, 0.25) is 0 Å². The van der Waals surface area contributed by atoms with Crippen LogP contribution in [0.5, 0.6) is 0 Å². The van der Waals surface area contributed by atoms with Gasteiger partial charge < -0.3 is 10.0 Å². The average molecular weight is 261 g/mol. The number of nitrogens with zero attached hydrogens (tertiary/aromatic N) is 1. The van der Waals surface area contributed by atoms with E-state index in [1.165, 1.54) is 5.56 Å². The summed E-state index contributed by atoms with van der Waals surface area (Å²) in [6.07, 6.45) is 3.81. The molecule has 1 aromatic rings. The molecule has 0 saturated carbocycles. The van der Waals surface area contributed by atoms with Crippen molar-refractivity contribution in [2.24, 2.45) is 0 Å². The van der Waals surface area contributed by atoms with Crippen LogP contribution in [0.25, 0.3) is 0 Å². The maximum atomic E-state index is 12.0. The Labute approximate surface area is 115 Å². The quantitative estimate of drug-likeness (QED) is 0.904. The molecule has 1 aliphatic heterocycles. The van der Waals surface area contributed by atoms with Gasteiger partial charge in [0.1, 0.15) is 0 Å². The van der Waals surface area contributed by atoms with Crippen LogP contribution in [0, 0.1) is 0 Å². The van der Waals surface area contributed by atoms with Crippen LogP contribution in [0.15, 0.2) is 18.2 Å². The SMILES string of the molecule is CCCC(O)c1ccc2c(c1)CCCC(=O)N2CC. The van der Waals surface area contributed by atoms with Crippen LogP contribution in [0.4, 0.5) is 5.69 Å². The number of aliphatic hydroxyl groups excluding tert-OH is 1. The second-order valence-corrected chi connectivity index (χ2v) is 5.18. The molecule has 0 aliphatic carbocycles. The Morgan fingerprint density at radius 1 is 1.32 bits per heavy atom. The number of carbonyl (C=O) groups is 1. The van der Waals surface area contributed by atoms with Gasteiger partial charge in [-0.1, -0.05) is 25.5 Å². The first-order chi connectivity index (χ1) is 9.17. The van der Waals surface area contributed by atoms with Crippen molar-refractivity contribution in [2.45, 2.75) is 52.1 Å². The highest BCUT2D eigenvalue weighted by molar-refractivity contribution is 5.94. The fourth-order valence-corrected chi connectivity index (χ4v) is 2.76. The zero-order chi connectivity index (χ0) is 13.8. The molecule has 2 rings (SSSR count). The van der Waals surface area contributed by atoms with Crippen molar-refractivity contribution in [1.82, 2.24) is 0 Å². The Bertz CT molecular complexity index is 456. The van der Waals surface area contributed by atoms with E-state index in [9.17, 15) is 9.90 Å². The minimum absolute atomic E-state index is 0.211. The smallest absolute Gasteiger partial charge is 0.226 e. The third-order valence-electron chi connectivity index (χ3n) is 3.80. The zero-order valence-corrected chi connectivity index (χ0v) is 11.9. The van der Waals surface area contributed by atoms with E-state index in [1.54, 1.807) is 0 Å². The normalized spacial score (nSPS) is 17.0. The third kappa shape index (κ3) is 2.98. The molecule has 1 aliphatic rings. The predicted molar refractivity (Wildman–Crippen MR) is 77.3 cm³/mol. The average Bonchev–Trinajstić information content (AvgIpc) is 2.56. The number of benzene rings is 1. The van der Waals surface area contributed by atoms with Crippen molar-refractivity contribution in [3.8, 4) is 0 Å². The number of carbonyl (C=O) groups excluding carboxylic acids is 1. The molecule has 0 saturated heterocycles. The molecular formula is C16H23NO2. The maximum absolute atomic E-state index is 12.0. The first-order valence-corrected chi connectivity index (χ1v) is 7.28. The highest BCUT2D eigenvalue weighted by atomic mass is 16.3. The molecule has 19 heavy (non-hydrogen) atoms. The van der Waals surface area contributed by atoms with E-state index in [0.717, 1.165) is 36.9 Å². The van der Waals surface area contributed by atoms with Crippen LogP contribution in [0.1, 0.15) is 56.8 Å². The van der Waals surface area contributed by atoms with Gasteiger partial charge in [0.2, 0.25) is 5.91 Å². The van der Waals surface area contributed by atoms with Gasteiger partial charge in [0, 0.05) is 18.7 Å². The van der Waals surface area contributed by atoms with Crippen LogP contribution in [-0.2, 0) is 11.2 Å². The van der Waals surface area contributed by atoms with Gasteiger partial charge in [-0.15, -0.1) is 0 Å². The van der Waals surface area contributed by atoms with E-state index in [-0.39, 0.29) is 12.0 Å². The molecule has 1 N–H and O–H groups in total. The molecular weight excluding hydrogens is 238 g/mol. The van der Waals surface area contributed by atoms with Crippen molar-refractivity contribution in [2.75, 3.05) is 11.4 Å². The summed E-state index contributed by atoms with van der Waals surface area (Å²) in [5.41, 5.74) is 3.20. The van der Waals surface area contributed by atoms with E-state index in [0.29, 0.717) is 13.0 Å². The number of hydrogen-bond acceptors (Lipinski definition) is 2. The fraction of sp³-hybridized carbons (Fsp3) is 0.562. The van der Waals surface area contributed by atoms with E-state index in [2.05, 4.69) is 13.0 Å². The molecule has 0 aromatic heterocycles. The van der Waals surface area contributed by atoms with Crippen molar-refractivity contribution in [1.29, 1.82) is 0 Å². The number of fused-ring (bicyclic) bond motifs is 1. The molecule has 1 amide bonds. The lowest BCUT2D eigenvalue weighted by atomic mass is 9.99. The van der Waals surface area contributed by atoms with Crippen molar-refractivity contribution < 1.29 is 9.90 Å². The minimum atomic E-state index is -0.385. The van der Waals surface area contributed by atoms with E-state index in [1.807, 2.05) is 24.0 Å². The Kier molecular flexibility index (Phi) is 4.59. The molecule has 3 nitrogen and oxygen atoms in total. The van der Waals surface area contributed by atoms with Crippen LogP contribution in [0.3, 0.4) is 0 Å². The Hall–Kier alpha value is -1.35. The zero-order valence-electron chi connectivity index (χ0n) is 11.9. The number of hydrogen-bond donors (Lipinski definition) is 1. The lowest BCUT2D eigenvalue weighted by Gasteiger charge is -2.22. The summed E-state index contributed by atoms with van der Waals surface area (Å²) in [7, 11) is 0. The first-order valence-electron chi connectivity index (χ1n) is 7.28. The van der Waals surface area contributed by atoms with E-state index < -0.39 is 0 Å². The second-order valence-electron chi connectivity index (χ2n) is 5.18. The van der Waals surface area contributed by atoms with Crippen molar-refractivity contribution in [3.63, 3.8) is 0 Å². The highest BCUT2D eigenvalue weighted by Gasteiger charge is 2.21. The lowest BCUT2D eigenvalue weighted by Crippen LogP contribution is -2.29. The van der Waals surface area contributed by atoms with Gasteiger partial charge in [0.05, 0.1) is 6.10 Å². The molecule has 0 bridgehead atoms. The van der Waals surface area contributed by atoms with Gasteiger partial charge in [-0.2, -0.15) is 0 Å². The van der Waals surface area contributed by atoms with E-state index >= 15 is 0 Å². The second kappa shape index (κ2) is 6.20. The van der Waals surface area contributed by atoms with Gasteiger partial charge >= 0.3 is 0 Å². The summed E-state index contributed by atoms with van der Waals surface area (Å²) in [4.78, 5) is 13.9. The van der Waals surface area contributed by atoms with Gasteiger partial charge in [0.15, 0.2) is 0 Å². The maximum Gasteiger partial charge on any atom is 0.226 e. The Balaban J connectivity index is 2.34. The minimum Gasteiger partial charge on any atom is -0.388 e. The molecule has 0 fully saturated rings. The van der Waals surface area contributed by atoms with Crippen molar-refractivity contribution in [3.05, 3.63) is 29.3 Å². The van der Waals surface area contributed by atoms with Crippen LogP contribution < -0.4 is 4.90 Å². The number of aliphatic hydroxyl groups is 1. The summed E-state index contributed by atoms with van der Waals surface area (Å²) in [5, 5.41) is 10.1. The molecule has 1 unspecified atom stereocenters. The monoisotopic (exact) mass is 261 g/mol. The molecule has 1 atom stereocenters. The predicted octanol–water partition coefficient (Wildman–Crippen LogP) is 3.21. The summed E-state index contributed by atoms with van der Waals surface area (Å²) < 4.78 is 0. The molecule has 0 radical (unpaired) electrons. The standard InChI is InChI=1S/C16H23NO2/c1-3-6-15(18)13-9-10-14-12(11-13)7-5-8-16(19)17(14)4-2/h9-11,15,18H,3-8H2,1-2H3. The van der Waals surface area contributed by atoms with Gasteiger partial charge in [-0.3, -0.25) is 4.79 Å². The molecule has 1 aromatic carbocycles. The highest BCUT2D eigenvalue weighted by Crippen LogP contribution is 2.30. The summed E-state index contributed by atoms with van der Waals surface area (Å²) in [6.45, 7) is 4.79. The summed E-state index contributed by atoms with van der Waals surface area (Å²) >= 11 is 0. The first kappa shape index (κ1) is 14.1. The Morgan fingerprint density at radius 2 is 2.11 bits per heavy atom. The third-order valence-corrected chi connectivity index (χ3v) is 3.80. The van der Waals surface area contributed by atoms with Gasteiger partial charge in [-0.05, 0) is 43.4 Å². The van der Waals surface area contributed by atoms with E-state index in [4.69, 9.17) is 0 Å². The van der Waals surface area contributed by atoms with Gasteiger partial charge in [0.25, 0.3) is 0 Å². The Morgan fingerprint density at radius 3 is 2.79 bits per heavy atom. The number of anilines is 1. The topological polar surface area (TPSA) is 40.5 Å². The number of amides is 1. The summed E-state index contributed by atoms with van der Waals surface area (Å²) in [5.74, 6) is 0.211. The molecule has 0 spiro atoms.